The molecule has 4 rings (SSSR count). The number of carbonyl (C=O) groups excluding carboxylic acids is 1. The second kappa shape index (κ2) is 8.12. The molecule has 3 aromatic rings. The molecule has 1 fully saturated rings. The van der Waals surface area contributed by atoms with Gasteiger partial charge in [0.25, 0.3) is 5.91 Å². The van der Waals surface area contributed by atoms with Crippen molar-refractivity contribution < 1.29 is 4.79 Å². The van der Waals surface area contributed by atoms with Crippen molar-refractivity contribution in [2.24, 2.45) is 0 Å². The average molecular weight is 377 g/mol. The first kappa shape index (κ1) is 18.7. The molecule has 2 aromatic heterocycles. The lowest BCUT2D eigenvalue weighted by Gasteiger charge is -2.32. The number of nitrogens with one attached hydrogen (secondary N) is 1. The molecular formula is C22H27N5O. The van der Waals surface area contributed by atoms with Gasteiger partial charge in [-0.25, -0.2) is 4.98 Å². The van der Waals surface area contributed by atoms with Crippen LogP contribution in [-0.4, -0.2) is 58.3 Å². The maximum atomic E-state index is 12.6. The Morgan fingerprint density at radius 1 is 1.11 bits per heavy atom. The topological polar surface area (TPSA) is 52.9 Å². The molecule has 6 heteroatoms. The van der Waals surface area contributed by atoms with Crippen molar-refractivity contribution in [2.75, 3.05) is 33.2 Å². The van der Waals surface area contributed by atoms with Gasteiger partial charge in [0, 0.05) is 56.7 Å². The molecular weight excluding hydrogens is 350 g/mol. The highest BCUT2D eigenvalue weighted by Gasteiger charge is 2.20. The molecule has 0 aliphatic carbocycles. The maximum absolute atomic E-state index is 12.6. The second-order valence-electron chi connectivity index (χ2n) is 7.53. The molecule has 1 aliphatic heterocycles. The lowest BCUT2D eigenvalue weighted by atomic mass is 10.1. The normalized spacial score (nSPS) is 16.4. The summed E-state index contributed by atoms with van der Waals surface area (Å²) in [5.41, 5.74) is 3.90. The van der Waals surface area contributed by atoms with Crippen molar-refractivity contribution in [2.45, 2.75) is 19.5 Å². The fourth-order valence-corrected chi connectivity index (χ4v) is 3.50. The molecule has 1 amide bonds. The third-order valence-corrected chi connectivity index (χ3v) is 5.43. The highest BCUT2D eigenvalue weighted by Crippen LogP contribution is 2.15. The van der Waals surface area contributed by atoms with Crippen molar-refractivity contribution in [3.05, 3.63) is 71.7 Å². The number of carbonyl (C=O) groups is 1. The number of rotatable bonds is 5. The Kier molecular flexibility index (Phi) is 5.41. The molecule has 0 bridgehead atoms. The van der Waals surface area contributed by atoms with Crippen molar-refractivity contribution in [1.82, 2.24) is 24.5 Å². The van der Waals surface area contributed by atoms with Gasteiger partial charge in [0.15, 0.2) is 0 Å². The van der Waals surface area contributed by atoms with Gasteiger partial charge in [0.05, 0.1) is 5.69 Å². The van der Waals surface area contributed by atoms with E-state index in [1.165, 1.54) is 0 Å². The fraction of sp³-hybridized carbons (Fsp3) is 0.364. The van der Waals surface area contributed by atoms with E-state index in [0.29, 0.717) is 0 Å². The van der Waals surface area contributed by atoms with Crippen LogP contribution in [0.25, 0.3) is 5.65 Å². The molecule has 1 atom stereocenters. The first-order chi connectivity index (χ1) is 13.6. The van der Waals surface area contributed by atoms with Gasteiger partial charge < -0.3 is 19.5 Å². The van der Waals surface area contributed by atoms with Crippen LogP contribution in [0.1, 0.15) is 34.6 Å². The SMILES string of the molecule is CC(NCc1ccc(C(=O)N2CCN(C)CC2)cc1)c1cn2ccccc2n1. The number of hydrogen-bond donors (Lipinski definition) is 1. The van der Waals surface area contributed by atoms with E-state index in [9.17, 15) is 4.79 Å². The summed E-state index contributed by atoms with van der Waals surface area (Å²) in [7, 11) is 2.09. The minimum absolute atomic E-state index is 0.130. The van der Waals surface area contributed by atoms with Crippen LogP contribution in [0, 0.1) is 0 Å². The zero-order valence-corrected chi connectivity index (χ0v) is 16.5. The molecule has 3 heterocycles. The van der Waals surface area contributed by atoms with E-state index in [2.05, 4.69) is 35.4 Å². The fourth-order valence-electron chi connectivity index (χ4n) is 3.50. The number of benzene rings is 1. The van der Waals surface area contributed by atoms with Gasteiger partial charge in [-0.15, -0.1) is 0 Å². The summed E-state index contributed by atoms with van der Waals surface area (Å²) in [5.74, 6) is 0.130. The van der Waals surface area contributed by atoms with Gasteiger partial charge in [-0.3, -0.25) is 4.79 Å². The van der Waals surface area contributed by atoms with Crippen LogP contribution >= 0.6 is 0 Å². The Bertz CT molecular complexity index is 908. The number of amides is 1. The number of hydrogen-bond acceptors (Lipinski definition) is 4. The zero-order valence-electron chi connectivity index (χ0n) is 16.5. The van der Waals surface area contributed by atoms with Gasteiger partial charge in [-0.1, -0.05) is 18.2 Å². The summed E-state index contributed by atoms with van der Waals surface area (Å²) in [6.45, 7) is 6.33. The van der Waals surface area contributed by atoms with Gasteiger partial charge in [-0.2, -0.15) is 0 Å². The van der Waals surface area contributed by atoms with Crippen LogP contribution in [-0.2, 0) is 6.54 Å². The maximum Gasteiger partial charge on any atom is 0.253 e. The van der Waals surface area contributed by atoms with Crippen molar-refractivity contribution >= 4 is 11.6 Å². The Balaban J connectivity index is 1.34. The van der Waals surface area contributed by atoms with Crippen LogP contribution < -0.4 is 5.32 Å². The van der Waals surface area contributed by atoms with E-state index in [1.54, 1.807) is 0 Å². The molecule has 1 saturated heterocycles. The van der Waals surface area contributed by atoms with E-state index in [-0.39, 0.29) is 11.9 Å². The van der Waals surface area contributed by atoms with Crippen molar-refractivity contribution in [3.63, 3.8) is 0 Å². The summed E-state index contributed by atoms with van der Waals surface area (Å²) in [4.78, 5) is 21.5. The monoisotopic (exact) mass is 377 g/mol. The number of nitrogens with zero attached hydrogens (tertiary/aromatic N) is 4. The molecule has 0 saturated carbocycles. The van der Waals surface area contributed by atoms with E-state index < -0.39 is 0 Å². The molecule has 1 aliphatic rings. The van der Waals surface area contributed by atoms with Gasteiger partial charge in [0.2, 0.25) is 0 Å². The summed E-state index contributed by atoms with van der Waals surface area (Å²) in [6.07, 6.45) is 4.07. The number of piperazine rings is 1. The van der Waals surface area contributed by atoms with Crippen LogP contribution in [0.15, 0.2) is 54.9 Å². The molecule has 0 spiro atoms. The Hall–Kier alpha value is -2.70. The Morgan fingerprint density at radius 2 is 1.86 bits per heavy atom. The Labute approximate surface area is 165 Å². The van der Waals surface area contributed by atoms with Crippen molar-refractivity contribution in [3.8, 4) is 0 Å². The van der Waals surface area contributed by atoms with Gasteiger partial charge >= 0.3 is 0 Å². The summed E-state index contributed by atoms with van der Waals surface area (Å²) < 4.78 is 2.03. The standard InChI is InChI=1S/C22H27N5O/c1-17(20-16-27-10-4-3-5-21(27)24-20)23-15-18-6-8-19(9-7-18)22(28)26-13-11-25(2)12-14-26/h3-10,16-17,23H,11-15H2,1-2H3. The Morgan fingerprint density at radius 3 is 2.57 bits per heavy atom. The summed E-state index contributed by atoms with van der Waals surface area (Å²) in [5, 5.41) is 3.52. The van der Waals surface area contributed by atoms with Crippen LogP contribution in [0.2, 0.25) is 0 Å². The quantitative estimate of drug-likeness (QED) is 0.743. The third-order valence-electron chi connectivity index (χ3n) is 5.43. The second-order valence-corrected chi connectivity index (χ2v) is 7.53. The van der Waals surface area contributed by atoms with E-state index in [4.69, 9.17) is 0 Å². The molecule has 1 N–H and O–H groups in total. The third kappa shape index (κ3) is 4.08. The molecule has 0 radical (unpaired) electrons. The van der Waals surface area contributed by atoms with Crippen LogP contribution in [0.4, 0.5) is 0 Å². The molecule has 28 heavy (non-hydrogen) atoms. The highest BCUT2D eigenvalue weighted by atomic mass is 16.2. The van der Waals surface area contributed by atoms with Gasteiger partial charge in [-0.05, 0) is 43.8 Å². The number of pyridine rings is 1. The number of fused-ring (bicyclic) bond motifs is 1. The molecule has 1 aromatic carbocycles. The number of likely N-dealkylation sites (N-methyl/N-ethyl adjacent to an activating group) is 1. The average Bonchev–Trinajstić information content (AvgIpc) is 3.17. The van der Waals surface area contributed by atoms with Crippen LogP contribution in [0.3, 0.4) is 0 Å². The predicted octanol–water partition coefficient (Wildman–Crippen LogP) is 2.57. The first-order valence-corrected chi connectivity index (χ1v) is 9.84. The summed E-state index contributed by atoms with van der Waals surface area (Å²) >= 11 is 0. The number of imidazole rings is 1. The molecule has 1 unspecified atom stereocenters. The van der Waals surface area contributed by atoms with E-state index in [1.807, 2.05) is 58.0 Å². The zero-order chi connectivity index (χ0) is 19.5. The van der Waals surface area contributed by atoms with E-state index >= 15 is 0 Å². The van der Waals surface area contributed by atoms with Gasteiger partial charge in [0.1, 0.15) is 5.65 Å². The highest BCUT2D eigenvalue weighted by molar-refractivity contribution is 5.94. The van der Waals surface area contributed by atoms with E-state index in [0.717, 1.165) is 55.2 Å². The smallest absolute Gasteiger partial charge is 0.253 e. The first-order valence-electron chi connectivity index (χ1n) is 9.84. The van der Waals surface area contributed by atoms with Crippen molar-refractivity contribution in [1.29, 1.82) is 0 Å². The predicted molar refractivity (Wildman–Crippen MR) is 110 cm³/mol. The molecule has 6 nitrogen and oxygen atoms in total. The minimum atomic E-state index is 0.130. The molecule has 146 valence electrons. The largest absolute Gasteiger partial charge is 0.336 e. The lowest BCUT2D eigenvalue weighted by molar-refractivity contribution is 0.0664. The summed E-state index contributed by atoms with van der Waals surface area (Å²) in [6, 6.07) is 14.1. The number of aromatic nitrogens is 2. The minimum Gasteiger partial charge on any atom is -0.336 e. The lowest BCUT2D eigenvalue weighted by Crippen LogP contribution is -2.47. The van der Waals surface area contributed by atoms with Crippen LogP contribution in [0.5, 0.6) is 0 Å².